The van der Waals surface area contributed by atoms with Crippen molar-refractivity contribution in [2.75, 3.05) is 14.2 Å². The lowest BCUT2D eigenvalue weighted by atomic mass is 10.0. The van der Waals surface area contributed by atoms with Crippen molar-refractivity contribution in [2.45, 2.75) is 4.90 Å². The first-order chi connectivity index (χ1) is 12.6. The fraction of sp³-hybridized carbons (Fsp3) is 0.125. The van der Waals surface area contributed by atoms with Gasteiger partial charge >= 0.3 is 5.96 Å². The van der Waals surface area contributed by atoms with E-state index in [-0.39, 0.29) is 22.8 Å². The molecule has 0 aliphatic heterocycles. The van der Waals surface area contributed by atoms with E-state index in [1.54, 1.807) is 18.2 Å². The van der Waals surface area contributed by atoms with Gasteiger partial charge in [-0.15, -0.1) is 0 Å². The summed E-state index contributed by atoms with van der Waals surface area (Å²) < 4.78 is 38.4. The number of guanidine groups is 1. The highest BCUT2D eigenvalue weighted by atomic mass is 32.2. The van der Waals surface area contributed by atoms with Crippen LogP contribution in [0.3, 0.4) is 0 Å². The Bertz CT molecular complexity index is 880. The predicted molar refractivity (Wildman–Crippen MR) is 95.9 cm³/mol. The quantitative estimate of drug-likeness (QED) is 0.169. The Kier molecular flexibility index (Phi) is 9.50. The van der Waals surface area contributed by atoms with E-state index in [4.69, 9.17) is 9.84 Å². The molecule has 0 spiro atoms. The summed E-state index contributed by atoms with van der Waals surface area (Å²) in [5.74, 6) is -1.46. The molecule has 0 amide bonds. The molecule has 0 fully saturated rings. The van der Waals surface area contributed by atoms with Gasteiger partial charge in [0.15, 0.2) is 5.78 Å². The van der Waals surface area contributed by atoms with Crippen LogP contribution < -0.4 is 21.6 Å². The van der Waals surface area contributed by atoms with E-state index in [2.05, 4.69) is 16.9 Å². The van der Waals surface area contributed by atoms with Crippen LogP contribution in [-0.2, 0) is 10.1 Å². The third kappa shape index (κ3) is 7.32. The van der Waals surface area contributed by atoms with Gasteiger partial charge in [-0.25, -0.2) is 8.42 Å². The van der Waals surface area contributed by atoms with Gasteiger partial charge in [0.25, 0.3) is 0 Å². The van der Waals surface area contributed by atoms with E-state index >= 15 is 0 Å². The molecule has 2 rings (SSSR count). The summed E-state index contributed by atoms with van der Waals surface area (Å²) in [5, 5.41) is 21.4. The van der Waals surface area contributed by atoms with Crippen LogP contribution in [0.4, 0.5) is 0 Å². The summed E-state index contributed by atoms with van der Waals surface area (Å²) in [5.41, 5.74) is 9.14. The summed E-state index contributed by atoms with van der Waals surface area (Å²) >= 11 is 0. The standard InChI is InChI=1S/C14H12O6S.CH5N3.CH4O/c1-20-12-8-11(15)10(7-13(12)21(17,18)19)14(16)9-5-3-2-4-6-9;2-1(3)4;1-2/h2-8,15H,1H3,(H,17,18,19);(H5,2,3,4);2H,1H3. The van der Waals surface area contributed by atoms with Gasteiger partial charge in [0.1, 0.15) is 21.6 Å². The first-order valence-corrected chi connectivity index (χ1v) is 8.53. The highest BCUT2D eigenvalue weighted by Gasteiger charge is 2.20. The Hall–Kier alpha value is -3.15. The van der Waals surface area contributed by atoms with E-state index in [0.717, 1.165) is 26.4 Å². The summed E-state index contributed by atoms with van der Waals surface area (Å²) in [6, 6.07) is 9.73. The first kappa shape index (κ1) is 23.9. The molecule has 0 atom stereocenters. The second-order valence-corrected chi connectivity index (χ2v) is 6.02. The van der Waals surface area contributed by atoms with Gasteiger partial charge in [-0.3, -0.25) is 21.7 Å². The highest BCUT2D eigenvalue weighted by molar-refractivity contribution is 7.85. The van der Waals surface area contributed by atoms with Crippen molar-refractivity contribution in [1.82, 2.24) is 0 Å². The zero-order chi connectivity index (χ0) is 21.2. The van der Waals surface area contributed by atoms with Crippen LogP contribution in [0.25, 0.3) is 0 Å². The van der Waals surface area contributed by atoms with Gasteiger partial charge in [0, 0.05) is 18.7 Å². The van der Waals surface area contributed by atoms with Crippen molar-refractivity contribution in [3.8, 4) is 11.5 Å². The van der Waals surface area contributed by atoms with Gasteiger partial charge in [-0.05, 0) is 6.07 Å². The largest absolute Gasteiger partial charge is 0.744 e. The number of nitrogens with two attached hydrogens (primary N) is 3. The molecule has 2 aromatic rings. The van der Waals surface area contributed by atoms with Crippen molar-refractivity contribution in [1.29, 1.82) is 0 Å². The topological polar surface area (TPSA) is 202 Å². The molecule has 27 heavy (non-hydrogen) atoms. The minimum atomic E-state index is -4.84. The van der Waals surface area contributed by atoms with Crippen LogP contribution in [-0.4, -0.2) is 49.1 Å². The smallest absolute Gasteiger partial charge is 0.336 e. The molecule has 10 nitrogen and oxygen atoms in total. The molecular weight excluding hydrogens is 378 g/mol. The van der Waals surface area contributed by atoms with Crippen molar-refractivity contribution in [2.24, 2.45) is 11.5 Å². The predicted octanol–water partition coefficient (Wildman–Crippen LogP) is -1.84. The number of ether oxygens (including phenoxy) is 1. The van der Waals surface area contributed by atoms with Gasteiger partial charge in [-0.2, -0.15) is 0 Å². The van der Waals surface area contributed by atoms with E-state index < -0.39 is 26.5 Å². The van der Waals surface area contributed by atoms with Gasteiger partial charge in [0.2, 0.25) is 0 Å². The summed E-state index contributed by atoms with van der Waals surface area (Å²) in [7, 11) is -2.68. The van der Waals surface area contributed by atoms with Crippen molar-refractivity contribution >= 4 is 21.9 Å². The Morgan fingerprint density at radius 2 is 1.63 bits per heavy atom. The van der Waals surface area contributed by atoms with Crippen LogP contribution >= 0.6 is 0 Å². The lowest BCUT2D eigenvalue weighted by Crippen LogP contribution is -2.51. The van der Waals surface area contributed by atoms with E-state index in [9.17, 15) is 22.9 Å². The average Bonchev–Trinajstić information content (AvgIpc) is 2.61. The number of hydrogen-bond acceptors (Lipinski definition) is 7. The van der Waals surface area contributed by atoms with Crippen LogP contribution in [0, 0.1) is 0 Å². The molecule has 8 N–H and O–H groups in total. The second-order valence-electron chi connectivity index (χ2n) is 4.67. The molecular formula is C16H21N3O7S. The zero-order valence-corrected chi connectivity index (χ0v) is 15.4. The lowest BCUT2D eigenvalue weighted by molar-refractivity contribution is -0.116. The monoisotopic (exact) mass is 399 g/mol. The number of hydrogen-bond donors (Lipinski definition) is 5. The maximum atomic E-state index is 12.2. The minimum absolute atomic E-state index is 0.0833. The molecule has 0 bridgehead atoms. The van der Waals surface area contributed by atoms with E-state index in [1.807, 2.05) is 0 Å². The number of ketones is 1. The molecule has 0 saturated carbocycles. The van der Waals surface area contributed by atoms with Gasteiger partial charge in [-0.1, -0.05) is 30.3 Å². The van der Waals surface area contributed by atoms with Crippen molar-refractivity contribution in [3.63, 3.8) is 0 Å². The number of benzene rings is 2. The molecule has 2 aromatic carbocycles. The van der Waals surface area contributed by atoms with Crippen LogP contribution in [0.5, 0.6) is 11.5 Å². The summed E-state index contributed by atoms with van der Waals surface area (Å²) in [4.78, 5) is 11.6. The second kappa shape index (κ2) is 10.8. The third-order valence-corrected chi connectivity index (χ3v) is 3.69. The van der Waals surface area contributed by atoms with Crippen LogP contribution in [0.1, 0.15) is 15.9 Å². The molecule has 0 aliphatic carbocycles. The normalized spacial score (nSPS) is 9.78. The maximum Gasteiger partial charge on any atom is 0.336 e. The van der Waals surface area contributed by atoms with Gasteiger partial charge in [0.05, 0.1) is 17.6 Å². The van der Waals surface area contributed by atoms with Crippen molar-refractivity contribution in [3.05, 3.63) is 53.6 Å². The lowest BCUT2D eigenvalue weighted by Gasteiger charge is -2.14. The fourth-order valence-corrected chi connectivity index (χ4v) is 2.48. The molecule has 148 valence electrons. The number of methoxy groups -OCH3 is 1. The molecule has 0 aromatic heterocycles. The number of aliphatic hydroxyl groups is 1. The summed E-state index contributed by atoms with van der Waals surface area (Å²) in [6.07, 6.45) is 0. The SMILES string of the molecule is CO.COc1cc(O)c(C(=O)c2ccccc2)cc1S(=O)(=O)[O-].NC(N)=[NH2+]. The Morgan fingerprint density at radius 3 is 2.04 bits per heavy atom. The molecule has 0 unspecified atom stereocenters. The molecule has 11 heteroatoms. The number of carbonyl (C=O) groups excluding carboxylic acids is 1. The Labute approximate surface area is 156 Å². The number of phenols is 1. The number of aliphatic hydroxyl groups excluding tert-OH is 1. The minimum Gasteiger partial charge on any atom is -0.744 e. The van der Waals surface area contributed by atoms with Crippen LogP contribution in [0.2, 0.25) is 0 Å². The Morgan fingerprint density at radius 1 is 1.15 bits per heavy atom. The number of rotatable bonds is 4. The Balaban J connectivity index is 0.000000998. The highest BCUT2D eigenvalue weighted by Crippen LogP contribution is 2.32. The maximum absolute atomic E-state index is 12.2. The zero-order valence-electron chi connectivity index (χ0n) is 14.6. The van der Waals surface area contributed by atoms with Crippen LogP contribution in [0.15, 0.2) is 47.4 Å². The number of carbonyl (C=O) groups is 1. The van der Waals surface area contributed by atoms with E-state index in [1.165, 1.54) is 12.1 Å². The molecule has 0 heterocycles. The average molecular weight is 399 g/mol. The fourth-order valence-electron chi connectivity index (χ4n) is 1.83. The number of aromatic hydroxyl groups is 1. The molecule has 0 radical (unpaired) electrons. The number of phenolic OH excluding ortho intramolecular Hbond substituents is 1. The molecule has 0 saturated heterocycles. The van der Waals surface area contributed by atoms with Gasteiger partial charge < -0.3 is 19.5 Å². The third-order valence-electron chi connectivity index (χ3n) is 2.83. The summed E-state index contributed by atoms with van der Waals surface area (Å²) in [6.45, 7) is 0. The van der Waals surface area contributed by atoms with Crippen molar-refractivity contribution < 1.29 is 38.1 Å². The first-order valence-electron chi connectivity index (χ1n) is 7.12. The molecule has 0 aliphatic rings. The van der Waals surface area contributed by atoms with E-state index in [0.29, 0.717) is 0 Å².